The predicted octanol–water partition coefficient (Wildman–Crippen LogP) is 2.63. The zero-order chi connectivity index (χ0) is 13.6. The lowest BCUT2D eigenvalue weighted by atomic mass is 10.1. The van der Waals surface area contributed by atoms with Crippen molar-refractivity contribution in [2.75, 3.05) is 18.8 Å². The molecule has 2 heterocycles. The Balaban J connectivity index is 0.00000200. The van der Waals surface area contributed by atoms with Crippen molar-refractivity contribution < 1.29 is 4.52 Å². The normalized spacial score (nSPS) is 22.4. The van der Waals surface area contributed by atoms with Gasteiger partial charge in [-0.05, 0) is 32.4 Å². The smallest absolute Gasteiger partial charge is 0.191 e. The summed E-state index contributed by atoms with van der Waals surface area (Å²) in [5, 5.41) is 10.5. The van der Waals surface area contributed by atoms with Crippen molar-refractivity contribution in [1.82, 2.24) is 15.8 Å². The van der Waals surface area contributed by atoms with Crippen molar-refractivity contribution in [3.63, 3.8) is 0 Å². The van der Waals surface area contributed by atoms with Crippen LogP contribution in [0.3, 0.4) is 0 Å². The second kappa shape index (κ2) is 8.76. The van der Waals surface area contributed by atoms with E-state index in [-0.39, 0.29) is 24.0 Å². The monoisotopic (exact) mass is 410 g/mol. The molecule has 0 amide bonds. The molecule has 2 rings (SSSR count). The fourth-order valence-corrected chi connectivity index (χ4v) is 3.31. The molecule has 0 aliphatic carbocycles. The molecule has 1 fully saturated rings. The van der Waals surface area contributed by atoms with Crippen LogP contribution < -0.4 is 10.6 Å². The summed E-state index contributed by atoms with van der Waals surface area (Å²) in [6, 6.07) is 1.83. The van der Waals surface area contributed by atoms with Gasteiger partial charge >= 0.3 is 0 Å². The Morgan fingerprint density at radius 3 is 3.00 bits per heavy atom. The molecule has 2 N–H and O–H groups in total. The number of nitrogens with zero attached hydrogens (tertiary/aromatic N) is 2. The van der Waals surface area contributed by atoms with E-state index in [4.69, 9.17) is 4.52 Å². The Morgan fingerprint density at radius 2 is 2.40 bits per heavy atom. The Labute approximate surface area is 141 Å². The molecule has 1 aliphatic rings. The maximum absolute atomic E-state index is 4.80. The van der Waals surface area contributed by atoms with E-state index >= 15 is 0 Å². The number of rotatable bonds is 5. The van der Waals surface area contributed by atoms with E-state index in [0.717, 1.165) is 24.7 Å². The second-order valence-corrected chi connectivity index (χ2v) is 6.62. The van der Waals surface area contributed by atoms with Crippen molar-refractivity contribution in [3.8, 4) is 0 Å². The van der Waals surface area contributed by atoms with Gasteiger partial charge in [-0.2, -0.15) is 11.8 Å². The highest BCUT2D eigenvalue weighted by atomic mass is 127. The maximum atomic E-state index is 4.80. The number of aromatic nitrogens is 1. The topological polar surface area (TPSA) is 62.5 Å². The molecule has 1 saturated heterocycles. The van der Waals surface area contributed by atoms with Crippen LogP contribution in [0.5, 0.6) is 0 Å². The van der Waals surface area contributed by atoms with Gasteiger partial charge in [-0.25, -0.2) is 4.99 Å². The number of nitrogens with one attached hydrogen (secondary N) is 2. The first-order valence-corrected chi connectivity index (χ1v) is 7.76. The average molecular weight is 410 g/mol. The summed E-state index contributed by atoms with van der Waals surface area (Å²) in [5.74, 6) is 2.12. The van der Waals surface area contributed by atoms with Crippen LogP contribution in [-0.2, 0) is 6.54 Å². The van der Waals surface area contributed by atoms with E-state index in [9.17, 15) is 0 Å². The first-order valence-electron chi connectivity index (χ1n) is 6.77. The van der Waals surface area contributed by atoms with E-state index in [2.05, 4.69) is 34.6 Å². The van der Waals surface area contributed by atoms with E-state index in [1.807, 2.05) is 17.8 Å². The van der Waals surface area contributed by atoms with Gasteiger partial charge in [0.15, 0.2) is 5.96 Å². The predicted molar refractivity (Wildman–Crippen MR) is 94.8 cm³/mol. The largest absolute Gasteiger partial charge is 0.364 e. The molecular weight excluding hydrogens is 387 g/mol. The van der Waals surface area contributed by atoms with Gasteiger partial charge in [0, 0.05) is 23.9 Å². The molecule has 5 nitrogen and oxygen atoms in total. The molecule has 0 bridgehead atoms. The lowest BCUT2D eigenvalue weighted by Gasteiger charge is -2.24. The molecule has 1 unspecified atom stereocenters. The molecule has 114 valence electrons. The SMILES string of the molecule is CCNC(=NCc1ccon1)NCC1(C)CCCS1.I. The van der Waals surface area contributed by atoms with Gasteiger partial charge in [0.05, 0.1) is 6.54 Å². The molecule has 7 heteroatoms. The van der Waals surface area contributed by atoms with Crippen LogP contribution in [-0.4, -0.2) is 34.7 Å². The second-order valence-electron chi connectivity index (χ2n) is 4.94. The molecule has 20 heavy (non-hydrogen) atoms. The number of guanidine groups is 1. The standard InChI is InChI=1S/C13H22N4OS.HI/c1-3-14-12(15-9-11-5-7-18-17-11)16-10-13(2)6-4-8-19-13;/h5,7H,3-4,6,8-10H2,1-2H3,(H2,14,15,16);1H. The average Bonchev–Trinajstić information content (AvgIpc) is 3.05. The highest BCUT2D eigenvalue weighted by Crippen LogP contribution is 2.36. The zero-order valence-corrected chi connectivity index (χ0v) is 15.2. The quantitative estimate of drug-likeness (QED) is 0.444. The lowest BCUT2D eigenvalue weighted by molar-refractivity contribution is 0.412. The van der Waals surface area contributed by atoms with Gasteiger partial charge in [-0.1, -0.05) is 5.16 Å². The molecule has 1 aliphatic heterocycles. The Bertz CT molecular complexity index is 405. The van der Waals surface area contributed by atoms with Gasteiger partial charge in [-0.15, -0.1) is 24.0 Å². The third-order valence-corrected chi connectivity index (χ3v) is 4.70. The van der Waals surface area contributed by atoms with Gasteiger partial charge < -0.3 is 15.2 Å². The number of halogens is 1. The minimum atomic E-state index is 0. The Kier molecular flexibility index (Phi) is 7.71. The molecule has 0 spiro atoms. The molecule has 1 aromatic heterocycles. The fourth-order valence-electron chi connectivity index (χ4n) is 2.07. The van der Waals surface area contributed by atoms with Crippen molar-refractivity contribution in [2.45, 2.75) is 38.0 Å². The van der Waals surface area contributed by atoms with Crippen molar-refractivity contribution in [1.29, 1.82) is 0 Å². The molecule has 1 aromatic rings. The number of hydrogen-bond donors (Lipinski definition) is 2. The molecule has 1 atom stereocenters. The Morgan fingerprint density at radius 1 is 1.55 bits per heavy atom. The van der Waals surface area contributed by atoms with Crippen LogP contribution in [0.15, 0.2) is 21.8 Å². The molecular formula is C13H23IN4OS. The molecule has 0 aromatic carbocycles. The van der Waals surface area contributed by atoms with Crippen molar-refractivity contribution in [2.24, 2.45) is 4.99 Å². The van der Waals surface area contributed by atoms with Crippen LogP contribution >= 0.6 is 35.7 Å². The van der Waals surface area contributed by atoms with E-state index in [0.29, 0.717) is 11.3 Å². The van der Waals surface area contributed by atoms with Crippen LogP contribution in [0.25, 0.3) is 0 Å². The summed E-state index contributed by atoms with van der Waals surface area (Å²) in [6.45, 7) is 6.73. The van der Waals surface area contributed by atoms with Gasteiger partial charge in [0.1, 0.15) is 12.0 Å². The minimum absolute atomic E-state index is 0. The van der Waals surface area contributed by atoms with Crippen LogP contribution in [0.2, 0.25) is 0 Å². The third kappa shape index (κ3) is 5.51. The van der Waals surface area contributed by atoms with Crippen molar-refractivity contribution in [3.05, 3.63) is 18.0 Å². The lowest BCUT2D eigenvalue weighted by Crippen LogP contribution is -2.43. The Hall–Kier alpha value is -0.440. The van der Waals surface area contributed by atoms with Crippen LogP contribution in [0, 0.1) is 0 Å². The van der Waals surface area contributed by atoms with E-state index in [1.165, 1.54) is 18.6 Å². The van der Waals surface area contributed by atoms with Gasteiger partial charge in [0.2, 0.25) is 0 Å². The summed E-state index contributed by atoms with van der Waals surface area (Å²) < 4.78 is 5.14. The summed E-state index contributed by atoms with van der Waals surface area (Å²) in [5.41, 5.74) is 0.846. The van der Waals surface area contributed by atoms with Gasteiger partial charge in [0.25, 0.3) is 0 Å². The minimum Gasteiger partial charge on any atom is -0.364 e. The number of hydrogen-bond acceptors (Lipinski definition) is 4. The van der Waals surface area contributed by atoms with E-state index < -0.39 is 0 Å². The summed E-state index contributed by atoms with van der Waals surface area (Å²) in [6.07, 6.45) is 4.16. The number of thioether (sulfide) groups is 1. The fraction of sp³-hybridized carbons (Fsp3) is 0.692. The summed E-state index contributed by atoms with van der Waals surface area (Å²) >= 11 is 2.05. The van der Waals surface area contributed by atoms with Crippen molar-refractivity contribution >= 4 is 41.7 Å². The summed E-state index contributed by atoms with van der Waals surface area (Å²) in [7, 11) is 0. The highest BCUT2D eigenvalue weighted by Gasteiger charge is 2.29. The third-order valence-electron chi connectivity index (χ3n) is 3.16. The zero-order valence-electron chi connectivity index (χ0n) is 12.0. The molecule has 0 radical (unpaired) electrons. The first-order chi connectivity index (χ1) is 9.22. The van der Waals surface area contributed by atoms with Crippen LogP contribution in [0.4, 0.5) is 0 Å². The molecule has 0 saturated carbocycles. The first kappa shape index (κ1) is 17.6. The van der Waals surface area contributed by atoms with Gasteiger partial charge in [-0.3, -0.25) is 0 Å². The van der Waals surface area contributed by atoms with E-state index in [1.54, 1.807) is 6.26 Å². The number of aliphatic imine (C=N–C) groups is 1. The van der Waals surface area contributed by atoms with Crippen LogP contribution in [0.1, 0.15) is 32.4 Å². The maximum Gasteiger partial charge on any atom is 0.191 e. The summed E-state index contributed by atoms with van der Waals surface area (Å²) in [4.78, 5) is 4.51. The highest BCUT2D eigenvalue weighted by molar-refractivity contribution is 14.0.